The van der Waals surface area contributed by atoms with Gasteiger partial charge in [0.2, 0.25) is 0 Å². The molecule has 0 aliphatic rings. The van der Waals surface area contributed by atoms with E-state index in [1.165, 1.54) is 0 Å². The van der Waals surface area contributed by atoms with Gasteiger partial charge < -0.3 is 15.5 Å². The van der Waals surface area contributed by atoms with Gasteiger partial charge in [-0.15, -0.1) is 0 Å². The maximum absolute atomic E-state index is 12.8. The van der Waals surface area contributed by atoms with E-state index in [4.69, 9.17) is 0 Å². The van der Waals surface area contributed by atoms with Crippen LogP contribution < -0.4 is 10.6 Å². The van der Waals surface area contributed by atoms with Crippen molar-refractivity contribution in [3.8, 4) is 0 Å². The number of carbonyl (C=O) groups is 2. The second kappa shape index (κ2) is 9.34. The van der Waals surface area contributed by atoms with Crippen LogP contribution in [-0.2, 0) is 0 Å². The largest absolute Gasteiger partial charge is 0.351 e. The van der Waals surface area contributed by atoms with Crippen LogP contribution in [0.3, 0.4) is 0 Å². The number of hydrogen-bond donors (Lipinski definition) is 2. The Bertz CT molecular complexity index is 1010. The van der Waals surface area contributed by atoms with E-state index in [1.54, 1.807) is 24.3 Å². The number of benzene rings is 3. The number of rotatable bonds is 7. The lowest BCUT2D eigenvalue weighted by molar-refractivity contribution is 0.0940. The lowest BCUT2D eigenvalue weighted by atomic mass is 9.99. The summed E-state index contributed by atoms with van der Waals surface area (Å²) in [5.74, 6) is -0.378. The monoisotopic (exact) mass is 389 g/mol. The predicted octanol–water partition coefficient (Wildman–Crippen LogP) is 3.62. The highest BCUT2D eigenvalue weighted by atomic mass is 16.2. The zero-order valence-electron chi connectivity index (χ0n) is 17.1. The summed E-state index contributed by atoms with van der Waals surface area (Å²) >= 11 is 0. The Morgan fingerprint density at radius 3 is 2.31 bits per heavy atom. The first kappa shape index (κ1) is 20.6. The Morgan fingerprint density at radius 1 is 0.897 bits per heavy atom. The lowest BCUT2D eigenvalue weighted by Crippen LogP contribution is -2.31. The first-order valence-corrected chi connectivity index (χ1v) is 9.77. The summed E-state index contributed by atoms with van der Waals surface area (Å²) in [6.07, 6.45) is 0. The Kier molecular flexibility index (Phi) is 6.62. The maximum Gasteiger partial charge on any atom is 0.251 e. The molecule has 150 valence electrons. The number of fused-ring (bicyclic) bond motifs is 1. The molecule has 0 bridgehead atoms. The second-order valence-corrected chi connectivity index (χ2v) is 7.40. The van der Waals surface area contributed by atoms with E-state index in [2.05, 4.69) is 28.8 Å². The number of hydrogen-bond acceptors (Lipinski definition) is 3. The predicted molar refractivity (Wildman–Crippen MR) is 117 cm³/mol. The summed E-state index contributed by atoms with van der Waals surface area (Å²) in [4.78, 5) is 27.1. The molecular weight excluding hydrogens is 362 g/mol. The molecule has 3 aromatic carbocycles. The van der Waals surface area contributed by atoms with Crippen molar-refractivity contribution in [1.82, 2.24) is 15.5 Å². The van der Waals surface area contributed by atoms with Crippen LogP contribution in [0.2, 0.25) is 0 Å². The standard InChI is InChI=1S/C24H27N3O2/c1-17(21-13-7-9-18-8-4-5-12-22(18)21)26-24(29)20-11-6-10-19(16-20)23(28)25-14-15-27(2)3/h4-13,16-17H,14-15H2,1-3H3,(H,25,28)(H,26,29)/t17-/m1/s1. The lowest BCUT2D eigenvalue weighted by Gasteiger charge is -2.17. The normalized spacial score (nSPS) is 12.0. The molecule has 0 spiro atoms. The average molecular weight is 389 g/mol. The quantitative estimate of drug-likeness (QED) is 0.649. The molecule has 0 aromatic heterocycles. The molecule has 0 fully saturated rings. The molecule has 5 nitrogen and oxygen atoms in total. The third kappa shape index (κ3) is 5.21. The summed E-state index contributed by atoms with van der Waals surface area (Å²) in [6.45, 7) is 3.28. The van der Waals surface area contributed by atoms with E-state index in [1.807, 2.05) is 50.2 Å². The Balaban J connectivity index is 1.71. The van der Waals surface area contributed by atoms with Crippen LogP contribution in [0, 0.1) is 0 Å². The Morgan fingerprint density at radius 2 is 1.55 bits per heavy atom. The van der Waals surface area contributed by atoms with Gasteiger partial charge >= 0.3 is 0 Å². The van der Waals surface area contributed by atoms with E-state index in [0.717, 1.165) is 22.9 Å². The maximum atomic E-state index is 12.8. The van der Waals surface area contributed by atoms with Crippen LogP contribution in [0.5, 0.6) is 0 Å². The number of amides is 2. The van der Waals surface area contributed by atoms with Gasteiger partial charge in [-0.3, -0.25) is 9.59 Å². The van der Waals surface area contributed by atoms with Crippen molar-refractivity contribution in [2.75, 3.05) is 27.2 Å². The Labute approximate surface area is 171 Å². The van der Waals surface area contributed by atoms with Crippen molar-refractivity contribution < 1.29 is 9.59 Å². The van der Waals surface area contributed by atoms with Gasteiger partial charge in [0, 0.05) is 24.2 Å². The van der Waals surface area contributed by atoms with Crippen molar-refractivity contribution in [2.45, 2.75) is 13.0 Å². The van der Waals surface area contributed by atoms with Gasteiger partial charge in [0.25, 0.3) is 11.8 Å². The highest BCUT2D eigenvalue weighted by Crippen LogP contribution is 2.24. The van der Waals surface area contributed by atoms with Gasteiger partial charge in [-0.05, 0) is 55.6 Å². The van der Waals surface area contributed by atoms with E-state index >= 15 is 0 Å². The van der Waals surface area contributed by atoms with Gasteiger partial charge in [0.15, 0.2) is 0 Å². The van der Waals surface area contributed by atoms with Crippen molar-refractivity contribution >= 4 is 22.6 Å². The number of likely N-dealkylation sites (N-methyl/N-ethyl adjacent to an activating group) is 1. The van der Waals surface area contributed by atoms with Gasteiger partial charge in [-0.2, -0.15) is 0 Å². The molecule has 1 atom stereocenters. The molecule has 3 rings (SSSR count). The van der Waals surface area contributed by atoms with Gasteiger partial charge in [-0.25, -0.2) is 0 Å². The summed E-state index contributed by atoms with van der Waals surface area (Å²) in [5, 5.41) is 8.19. The minimum absolute atomic E-state index is 0.161. The Hall–Kier alpha value is -3.18. The third-order valence-electron chi connectivity index (χ3n) is 4.87. The minimum Gasteiger partial charge on any atom is -0.351 e. The van der Waals surface area contributed by atoms with Crippen LogP contribution in [0.4, 0.5) is 0 Å². The fraction of sp³-hybridized carbons (Fsp3) is 0.250. The summed E-state index contributed by atoms with van der Waals surface area (Å²) in [5.41, 5.74) is 2.01. The molecule has 0 radical (unpaired) electrons. The van der Waals surface area contributed by atoms with E-state index in [9.17, 15) is 9.59 Å². The molecule has 29 heavy (non-hydrogen) atoms. The first-order chi connectivity index (χ1) is 14.0. The average Bonchev–Trinajstić information content (AvgIpc) is 2.73. The molecule has 2 amide bonds. The molecule has 5 heteroatoms. The number of nitrogens with one attached hydrogen (secondary N) is 2. The molecule has 0 aliphatic carbocycles. The van der Waals surface area contributed by atoms with Crippen LogP contribution in [0.15, 0.2) is 66.7 Å². The van der Waals surface area contributed by atoms with Crippen LogP contribution in [0.25, 0.3) is 10.8 Å². The molecular formula is C24H27N3O2. The number of nitrogens with zero attached hydrogens (tertiary/aromatic N) is 1. The van der Waals surface area contributed by atoms with Crippen molar-refractivity contribution in [1.29, 1.82) is 0 Å². The third-order valence-corrected chi connectivity index (χ3v) is 4.87. The second-order valence-electron chi connectivity index (χ2n) is 7.40. The van der Waals surface area contributed by atoms with Crippen molar-refractivity contribution in [3.05, 3.63) is 83.4 Å². The van der Waals surface area contributed by atoms with E-state index < -0.39 is 0 Å². The van der Waals surface area contributed by atoms with E-state index in [0.29, 0.717) is 17.7 Å². The summed E-state index contributed by atoms with van der Waals surface area (Å²) in [7, 11) is 3.91. The topological polar surface area (TPSA) is 61.4 Å². The highest BCUT2D eigenvalue weighted by Gasteiger charge is 2.15. The minimum atomic E-state index is -0.201. The molecule has 0 aliphatic heterocycles. The molecule has 3 aromatic rings. The van der Waals surface area contributed by atoms with Crippen LogP contribution in [-0.4, -0.2) is 43.9 Å². The zero-order valence-corrected chi connectivity index (χ0v) is 17.1. The molecule has 0 saturated heterocycles. The molecule has 0 unspecified atom stereocenters. The zero-order chi connectivity index (χ0) is 20.8. The van der Waals surface area contributed by atoms with Crippen LogP contribution in [0.1, 0.15) is 39.2 Å². The highest BCUT2D eigenvalue weighted by molar-refractivity contribution is 6.00. The number of carbonyl (C=O) groups excluding carboxylic acids is 2. The summed E-state index contributed by atoms with van der Waals surface area (Å²) in [6, 6.07) is 20.9. The molecule has 2 N–H and O–H groups in total. The van der Waals surface area contributed by atoms with Gasteiger partial charge in [0.1, 0.15) is 0 Å². The van der Waals surface area contributed by atoms with E-state index in [-0.39, 0.29) is 17.9 Å². The van der Waals surface area contributed by atoms with Crippen molar-refractivity contribution in [3.63, 3.8) is 0 Å². The van der Waals surface area contributed by atoms with Gasteiger partial charge in [0.05, 0.1) is 6.04 Å². The fourth-order valence-electron chi connectivity index (χ4n) is 3.28. The van der Waals surface area contributed by atoms with Crippen molar-refractivity contribution in [2.24, 2.45) is 0 Å². The van der Waals surface area contributed by atoms with Crippen LogP contribution >= 0.6 is 0 Å². The smallest absolute Gasteiger partial charge is 0.251 e. The molecule has 0 saturated carbocycles. The van der Waals surface area contributed by atoms with Gasteiger partial charge in [-0.1, -0.05) is 48.5 Å². The molecule has 0 heterocycles. The SMILES string of the molecule is C[C@@H](NC(=O)c1cccc(C(=O)NCCN(C)C)c1)c1cccc2ccccc12. The first-order valence-electron chi connectivity index (χ1n) is 9.77. The fourth-order valence-corrected chi connectivity index (χ4v) is 3.28. The summed E-state index contributed by atoms with van der Waals surface area (Å²) < 4.78 is 0.